The molecular weight excluding hydrogens is 467 g/mol. The number of halogens is 2. The van der Waals surface area contributed by atoms with Crippen LogP contribution in [0.4, 0.5) is 4.39 Å². The Kier molecular flexibility index (Phi) is 7.22. The van der Waals surface area contributed by atoms with Gasteiger partial charge in [0.15, 0.2) is 5.82 Å². The second-order valence-corrected chi connectivity index (χ2v) is 8.54. The molecule has 0 fully saturated rings. The Morgan fingerprint density at radius 1 is 1.03 bits per heavy atom. The van der Waals surface area contributed by atoms with Gasteiger partial charge in [-0.3, -0.25) is 0 Å². The van der Waals surface area contributed by atoms with Crippen molar-refractivity contribution in [3.63, 3.8) is 0 Å². The molecule has 0 aliphatic rings. The number of oxime groups is 1. The number of rotatable bonds is 7. The minimum Gasteiger partial charge on any atom is -0.478 e. The SMILES string of the molecule is Cc1ccccc1C(CC(=NO)c1cc(Cl)ncc1F)c1ccc(-c2ccc(C(=O)O)cc2)cc1. The Labute approximate surface area is 207 Å². The van der Waals surface area contributed by atoms with E-state index in [1.165, 1.54) is 6.07 Å². The summed E-state index contributed by atoms with van der Waals surface area (Å²) < 4.78 is 14.5. The summed E-state index contributed by atoms with van der Waals surface area (Å²) >= 11 is 5.97. The zero-order valence-electron chi connectivity index (χ0n) is 18.8. The van der Waals surface area contributed by atoms with Crippen LogP contribution in [0.15, 0.2) is 90.2 Å². The van der Waals surface area contributed by atoms with Crippen molar-refractivity contribution in [3.8, 4) is 11.1 Å². The number of benzene rings is 3. The molecule has 1 heterocycles. The average Bonchev–Trinajstić information content (AvgIpc) is 2.87. The van der Waals surface area contributed by atoms with E-state index in [0.29, 0.717) is 0 Å². The Hall–Kier alpha value is -4.03. The van der Waals surface area contributed by atoms with Crippen molar-refractivity contribution >= 4 is 23.3 Å². The summed E-state index contributed by atoms with van der Waals surface area (Å²) in [5.74, 6) is -1.82. The highest BCUT2D eigenvalue weighted by atomic mass is 35.5. The second-order valence-electron chi connectivity index (χ2n) is 8.15. The zero-order valence-corrected chi connectivity index (χ0v) is 19.6. The predicted molar refractivity (Wildman–Crippen MR) is 134 cm³/mol. The molecule has 176 valence electrons. The molecule has 35 heavy (non-hydrogen) atoms. The maximum Gasteiger partial charge on any atom is 0.335 e. The van der Waals surface area contributed by atoms with Gasteiger partial charge in [0.2, 0.25) is 0 Å². The van der Waals surface area contributed by atoms with Crippen molar-refractivity contribution in [2.24, 2.45) is 5.16 Å². The number of hydrogen-bond donors (Lipinski definition) is 2. The summed E-state index contributed by atoms with van der Waals surface area (Å²) in [6, 6.07) is 23.8. The lowest BCUT2D eigenvalue weighted by atomic mass is 9.83. The molecule has 5 nitrogen and oxygen atoms in total. The molecule has 1 aromatic heterocycles. The van der Waals surface area contributed by atoms with Gasteiger partial charge in [0, 0.05) is 17.9 Å². The summed E-state index contributed by atoms with van der Waals surface area (Å²) in [6.07, 6.45) is 1.24. The number of hydrogen-bond acceptors (Lipinski definition) is 4. The Morgan fingerprint density at radius 2 is 1.66 bits per heavy atom. The minimum absolute atomic E-state index is 0.0984. The fourth-order valence-electron chi connectivity index (χ4n) is 4.13. The van der Waals surface area contributed by atoms with Crippen molar-refractivity contribution in [2.45, 2.75) is 19.3 Å². The highest BCUT2D eigenvalue weighted by molar-refractivity contribution is 6.29. The minimum atomic E-state index is -0.971. The lowest BCUT2D eigenvalue weighted by Gasteiger charge is -2.21. The van der Waals surface area contributed by atoms with E-state index < -0.39 is 11.8 Å². The van der Waals surface area contributed by atoms with Gasteiger partial charge in [0.25, 0.3) is 0 Å². The topological polar surface area (TPSA) is 82.8 Å². The van der Waals surface area contributed by atoms with Crippen molar-refractivity contribution < 1.29 is 19.5 Å². The molecule has 4 aromatic rings. The molecule has 0 aliphatic heterocycles. The van der Waals surface area contributed by atoms with Gasteiger partial charge in [-0.2, -0.15) is 0 Å². The van der Waals surface area contributed by atoms with E-state index in [1.807, 2.05) is 55.5 Å². The molecule has 0 spiro atoms. The summed E-state index contributed by atoms with van der Waals surface area (Å²) in [5.41, 5.74) is 5.33. The van der Waals surface area contributed by atoms with Crippen LogP contribution in [0.2, 0.25) is 5.15 Å². The predicted octanol–water partition coefficient (Wildman–Crippen LogP) is 6.95. The van der Waals surface area contributed by atoms with Crippen LogP contribution in [-0.2, 0) is 0 Å². The summed E-state index contributed by atoms with van der Waals surface area (Å²) in [6.45, 7) is 2.00. The first kappa shape index (κ1) is 24.1. The van der Waals surface area contributed by atoms with Crippen molar-refractivity contribution in [2.75, 3.05) is 0 Å². The molecule has 3 aromatic carbocycles. The van der Waals surface area contributed by atoms with Crippen LogP contribution in [0.3, 0.4) is 0 Å². The summed E-state index contributed by atoms with van der Waals surface area (Å²) in [5, 5.41) is 22.4. The van der Waals surface area contributed by atoms with Crippen molar-refractivity contribution in [3.05, 3.63) is 124 Å². The lowest BCUT2D eigenvalue weighted by Crippen LogP contribution is -2.13. The third-order valence-electron chi connectivity index (χ3n) is 5.99. The van der Waals surface area contributed by atoms with Crippen LogP contribution in [0.25, 0.3) is 11.1 Å². The third kappa shape index (κ3) is 5.39. The van der Waals surface area contributed by atoms with E-state index in [2.05, 4.69) is 10.1 Å². The monoisotopic (exact) mass is 488 g/mol. The zero-order chi connectivity index (χ0) is 24.9. The van der Waals surface area contributed by atoms with E-state index in [1.54, 1.807) is 24.3 Å². The third-order valence-corrected chi connectivity index (χ3v) is 6.20. The number of pyridine rings is 1. The first-order chi connectivity index (χ1) is 16.9. The molecule has 0 amide bonds. The highest BCUT2D eigenvalue weighted by Crippen LogP contribution is 2.34. The molecule has 4 rings (SSSR count). The molecule has 0 bridgehead atoms. The Bertz CT molecular complexity index is 1390. The number of carbonyl (C=O) groups is 1. The van der Waals surface area contributed by atoms with Crippen LogP contribution in [0.5, 0.6) is 0 Å². The lowest BCUT2D eigenvalue weighted by molar-refractivity contribution is 0.0697. The smallest absolute Gasteiger partial charge is 0.335 e. The summed E-state index contributed by atoms with van der Waals surface area (Å²) in [4.78, 5) is 14.9. The molecule has 0 radical (unpaired) electrons. The van der Waals surface area contributed by atoms with E-state index in [4.69, 9.17) is 16.7 Å². The van der Waals surface area contributed by atoms with E-state index in [0.717, 1.165) is 34.0 Å². The molecule has 0 saturated heterocycles. The first-order valence-corrected chi connectivity index (χ1v) is 11.3. The van der Waals surface area contributed by atoms with Gasteiger partial charge in [-0.1, -0.05) is 77.4 Å². The van der Waals surface area contributed by atoms with Crippen LogP contribution >= 0.6 is 11.6 Å². The fraction of sp³-hybridized carbons (Fsp3) is 0.107. The fourth-order valence-corrected chi connectivity index (χ4v) is 4.29. The number of carboxylic acid groups (broad SMARTS) is 1. The van der Waals surface area contributed by atoms with Gasteiger partial charge in [0.05, 0.1) is 17.5 Å². The van der Waals surface area contributed by atoms with Gasteiger partial charge in [-0.05, 0) is 52.9 Å². The average molecular weight is 489 g/mol. The van der Waals surface area contributed by atoms with Gasteiger partial charge in [-0.15, -0.1) is 0 Å². The molecule has 0 saturated carbocycles. The van der Waals surface area contributed by atoms with Crippen LogP contribution in [-0.4, -0.2) is 27.0 Å². The van der Waals surface area contributed by atoms with Crippen molar-refractivity contribution in [1.82, 2.24) is 4.98 Å². The summed E-state index contributed by atoms with van der Waals surface area (Å²) in [7, 11) is 0. The van der Waals surface area contributed by atoms with Crippen LogP contribution < -0.4 is 0 Å². The Morgan fingerprint density at radius 3 is 2.26 bits per heavy atom. The van der Waals surface area contributed by atoms with E-state index >= 15 is 0 Å². The Balaban J connectivity index is 1.71. The number of aromatic nitrogens is 1. The van der Waals surface area contributed by atoms with E-state index in [-0.39, 0.29) is 34.3 Å². The molecule has 7 heteroatoms. The number of aryl methyl sites for hydroxylation is 1. The molecule has 2 N–H and O–H groups in total. The highest BCUT2D eigenvalue weighted by Gasteiger charge is 2.22. The molecule has 0 aliphatic carbocycles. The van der Waals surface area contributed by atoms with Gasteiger partial charge >= 0.3 is 5.97 Å². The largest absolute Gasteiger partial charge is 0.478 e. The second kappa shape index (κ2) is 10.5. The molecule has 1 atom stereocenters. The van der Waals surface area contributed by atoms with Crippen LogP contribution in [0.1, 0.15) is 45.0 Å². The van der Waals surface area contributed by atoms with Gasteiger partial charge in [0.1, 0.15) is 5.15 Å². The molecule has 1 unspecified atom stereocenters. The quantitative estimate of drug-likeness (QED) is 0.128. The van der Waals surface area contributed by atoms with Gasteiger partial charge < -0.3 is 10.3 Å². The standard InChI is InChI=1S/C28H22ClFN2O3/c1-17-4-2-3-5-22(17)23(14-26(32-35)24-15-27(29)31-16-25(24)30)20-10-6-18(7-11-20)19-8-12-21(13-9-19)28(33)34/h2-13,15-16,23,35H,14H2,1H3,(H,33,34). The maximum absolute atomic E-state index is 14.5. The molecular formula is C28H22ClFN2O3. The normalized spacial score (nSPS) is 12.4. The van der Waals surface area contributed by atoms with Gasteiger partial charge in [-0.25, -0.2) is 14.2 Å². The van der Waals surface area contributed by atoms with Crippen LogP contribution in [0, 0.1) is 12.7 Å². The van der Waals surface area contributed by atoms with E-state index in [9.17, 15) is 14.4 Å². The number of carboxylic acids is 1. The maximum atomic E-state index is 14.5. The first-order valence-electron chi connectivity index (χ1n) is 10.9. The number of aromatic carboxylic acids is 1. The number of nitrogens with zero attached hydrogens (tertiary/aromatic N) is 2. The van der Waals surface area contributed by atoms with Crippen molar-refractivity contribution in [1.29, 1.82) is 0 Å².